The lowest BCUT2D eigenvalue weighted by molar-refractivity contribution is -0.161. The van der Waals surface area contributed by atoms with Crippen molar-refractivity contribution in [2.24, 2.45) is 0 Å². The Morgan fingerprint density at radius 3 is 2.74 bits per heavy atom. The number of nitrogens with zero attached hydrogens (tertiary/aromatic N) is 6. The first-order valence-electron chi connectivity index (χ1n) is 13.7. The number of hydrogen-bond donors (Lipinski definition) is 3. The van der Waals surface area contributed by atoms with Crippen molar-refractivity contribution >= 4 is 44.2 Å². The first kappa shape index (κ1) is 28.4. The molecule has 42 heavy (non-hydrogen) atoms. The van der Waals surface area contributed by atoms with Crippen molar-refractivity contribution in [1.82, 2.24) is 29.8 Å². The minimum atomic E-state index is -4.27. The predicted octanol–water partition coefficient (Wildman–Crippen LogP) is 3.89. The molecule has 1 atom stereocenters. The van der Waals surface area contributed by atoms with Gasteiger partial charge in [0.15, 0.2) is 0 Å². The van der Waals surface area contributed by atoms with Gasteiger partial charge >= 0.3 is 6.18 Å². The molecule has 0 aliphatic carbocycles. The highest BCUT2D eigenvalue weighted by molar-refractivity contribution is 7.18. The van der Waals surface area contributed by atoms with Gasteiger partial charge in [0.1, 0.15) is 35.3 Å². The molecule has 10 nitrogen and oxygen atoms in total. The van der Waals surface area contributed by atoms with Gasteiger partial charge in [-0.15, -0.1) is 11.3 Å². The van der Waals surface area contributed by atoms with E-state index in [4.69, 9.17) is 0 Å². The highest BCUT2D eigenvalue weighted by atomic mass is 32.1. The van der Waals surface area contributed by atoms with E-state index in [-0.39, 0.29) is 29.4 Å². The molecule has 1 amide bonds. The number of halogens is 3. The molecular formula is C28H29F3N8O2S. The molecular weight excluding hydrogens is 569 g/mol. The highest BCUT2D eigenvalue weighted by Crippen LogP contribution is 2.33. The van der Waals surface area contributed by atoms with Crippen molar-refractivity contribution < 1.29 is 23.2 Å². The summed E-state index contributed by atoms with van der Waals surface area (Å²) in [5.74, 6) is 0.342. The standard InChI is InChI=1S/C28H29F3N8O2S/c29-28(30,31)10-22-9-23-26(34-16-35-27(23)42-22)36-19-3-5-37(6-4-19)13-17-1-2-24-18(7-17)8-20(11-32)38(24)14-21-12-33-25(40)15-39(21)41/h1-2,7-9,16,19,21,41H,3-6,10,12-15H2,(H,33,40)(H,34,35,36)/t21-/m1/s1. The summed E-state index contributed by atoms with van der Waals surface area (Å²) in [5.41, 5.74) is 2.51. The summed E-state index contributed by atoms with van der Waals surface area (Å²) in [5, 5.41) is 28.7. The summed E-state index contributed by atoms with van der Waals surface area (Å²) in [6.07, 6.45) is -2.13. The third kappa shape index (κ3) is 6.19. The minimum Gasteiger partial charge on any atom is -0.367 e. The SMILES string of the molecule is N#Cc1cc2cc(CN3CCC(Nc4ncnc5sc(CC(F)(F)F)cc45)CC3)ccc2n1C[C@H]1CNC(=O)CN1O. The number of hydroxylamine groups is 2. The molecule has 6 rings (SSSR count). The Hall–Kier alpha value is -3.77. The van der Waals surface area contributed by atoms with Gasteiger partial charge in [-0.05, 0) is 42.7 Å². The van der Waals surface area contributed by atoms with E-state index in [0.29, 0.717) is 34.8 Å². The molecule has 0 bridgehead atoms. The van der Waals surface area contributed by atoms with Gasteiger partial charge in [-0.3, -0.25) is 9.69 Å². The quantitative estimate of drug-likeness (QED) is 0.293. The van der Waals surface area contributed by atoms with E-state index >= 15 is 0 Å². The number of carbonyl (C=O) groups is 1. The lowest BCUT2D eigenvalue weighted by Gasteiger charge is -2.32. The number of fused-ring (bicyclic) bond motifs is 2. The van der Waals surface area contributed by atoms with E-state index in [2.05, 4.69) is 43.7 Å². The molecule has 3 N–H and O–H groups in total. The smallest absolute Gasteiger partial charge is 0.367 e. The fourth-order valence-corrected chi connectivity index (χ4v) is 6.77. The molecule has 3 aromatic heterocycles. The van der Waals surface area contributed by atoms with Gasteiger partial charge in [0.2, 0.25) is 5.91 Å². The van der Waals surface area contributed by atoms with E-state index in [1.54, 1.807) is 6.07 Å². The van der Waals surface area contributed by atoms with Crippen molar-refractivity contribution in [3.63, 3.8) is 0 Å². The lowest BCUT2D eigenvalue weighted by Crippen LogP contribution is -2.54. The molecule has 0 unspecified atom stereocenters. The fourth-order valence-electron chi connectivity index (χ4n) is 5.74. The molecule has 1 aromatic carbocycles. The van der Waals surface area contributed by atoms with Crippen LogP contribution in [0, 0.1) is 11.3 Å². The maximum Gasteiger partial charge on any atom is 0.393 e. The zero-order valence-electron chi connectivity index (χ0n) is 22.6. The van der Waals surface area contributed by atoms with Crippen LogP contribution < -0.4 is 10.6 Å². The van der Waals surface area contributed by atoms with Crippen LogP contribution in [-0.4, -0.2) is 80.1 Å². The topological polar surface area (TPSA) is 122 Å². The van der Waals surface area contributed by atoms with Crippen molar-refractivity contribution in [3.8, 4) is 6.07 Å². The van der Waals surface area contributed by atoms with Crippen molar-refractivity contribution in [2.45, 2.75) is 50.6 Å². The van der Waals surface area contributed by atoms with Crippen LogP contribution in [0.3, 0.4) is 0 Å². The number of benzene rings is 1. The summed E-state index contributed by atoms with van der Waals surface area (Å²) >= 11 is 1.05. The van der Waals surface area contributed by atoms with Crippen LogP contribution in [0.5, 0.6) is 0 Å². The third-order valence-corrected chi connectivity index (χ3v) is 8.87. The number of carbonyl (C=O) groups excluding carboxylic acids is 1. The van der Waals surface area contributed by atoms with Crippen molar-refractivity contribution in [3.05, 3.63) is 52.8 Å². The first-order valence-corrected chi connectivity index (χ1v) is 14.5. The number of alkyl halides is 3. The molecule has 2 saturated heterocycles. The van der Waals surface area contributed by atoms with E-state index in [9.17, 15) is 28.4 Å². The molecule has 4 aromatic rings. The predicted molar refractivity (Wildman–Crippen MR) is 151 cm³/mol. The summed E-state index contributed by atoms with van der Waals surface area (Å²) in [7, 11) is 0. The number of nitrogens with one attached hydrogen (secondary N) is 2. The normalized spacial score (nSPS) is 19.3. The molecule has 2 aliphatic rings. The maximum absolute atomic E-state index is 12.9. The van der Waals surface area contributed by atoms with E-state index < -0.39 is 12.6 Å². The Kier molecular flexibility index (Phi) is 7.75. The molecule has 2 fully saturated rings. The van der Waals surface area contributed by atoms with Crippen LogP contribution in [0.15, 0.2) is 36.7 Å². The number of amides is 1. The Morgan fingerprint density at radius 1 is 1.19 bits per heavy atom. The van der Waals surface area contributed by atoms with E-state index in [1.807, 2.05) is 16.7 Å². The van der Waals surface area contributed by atoms with Gasteiger partial charge in [-0.25, -0.2) is 9.97 Å². The minimum absolute atomic E-state index is 0.0949. The number of anilines is 1. The molecule has 0 spiro atoms. The highest BCUT2D eigenvalue weighted by Gasteiger charge is 2.30. The second-order valence-corrected chi connectivity index (χ2v) is 12.0. The van der Waals surface area contributed by atoms with Crippen LogP contribution in [0.25, 0.3) is 21.1 Å². The first-order chi connectivity index (χ1) is 20.1. The number of nitriles is 1. The van der Waals surface area contributed by atoms with Gasteiger partial charge in [0, 0.05) is 54.5 Å². The Morgan fingerprint density at radius 2 is 2.00 bits per heavy atom. The van der Waals surface area contributed by atoms with Crippen LogP contribution in [0.1, 0.15) is 29.0 Å². The van der Waals surface area contributed by atoms with Crippen LogP contribution >= 0.6 is 11.3 Å². The van der Waals surface area contributed by atoms with Gasteiger partial charge in [0.25, 0.3) is 0 Å². The Balaban J connectivity index is 1.08. The van der Waals surface area contributed by atoms with E-state index in [0.717, 1.165) is 65.3 Å². The van der Waals surface area contributed by atoms with Crippen LogP contribution in [0.2, 0.25) is 0 Å². The maximum atomic E-state index is 12.9. The summed E-state index contributed by atoms with van der Waals surface area (Å²) in [4.78, 5) is 23.1. The Bertz CT molecular complexity index is 1650. The van der Waals surface area contributed by atoms with Crippen LogP contribution in [-0.2, 0) is 24.3 Å². The molecule has 220 valence electrons. The average molecular weight is 599 g/mol. The van der Waals surface area contributed by atoms with Crippen molar-refractivity contribution in [1.29, 1.82) is 5.26 Å². The number of aromatic nitrogens is 3. The average Bonchev–Trinajstić information content (AvgIpc) is 3.51. The number of thiophene rings is 1. The number of piperidine rings is 1. The fraction of sp³-hybridized carbons (Fsp3) is 0.429. The molecule has 0 saturated carbocycles. The van der Waals surface area contributed by atoms with Gasteiger partial charge in [0.05, 0.1) is 17.8 Å². The largest absolute Gasteiger partial charge is 0.393 e. The van der Waals surface area contributed by atoms with Gasteiger partial charge in [-0.2, -0.15) is 23.5 Å². The van der Waals surface area contributed by atoms with Crippen LogP contribution in [0.4, 0.5) is 19.0 Å². The summed E-state index contributed by atoms with van der Waals surface area (Å²) in [6.45, 7) is 3.02. The second kappa shape index (κ2) is 11.5. The zero-order valence-corrected chi connectivity index (χ0v) is 23.4. The molecule has 5 heterocycles. The lowest BCUT2D eigenvalue weighted by atomic mass is 10.0. The summed E-state index contributed by atoms with van der Waals surface area (Å²) < 4.78 is 40.5. The summed E-state index contributed by atoms with van der Waals surface area (Å²) in [6, 6.07) is 11.6. The second-order valence-electron chi connectivity index (χ2n) is 10.8. The van der Waals surface area contributed by atoms with Crippen molar-refractivity contribution in [2.75, 3.05) is 31.5 Å². The molecule has 2 aliphatic heterocycles. The van der Waals surface area contributed by atoms with Gasteiger partial charge in [-0.1, -0.05) is 6.07 Å². The van der Waals surface area contributed by atoms with Gasteiger partial charge < -0.3 is 20.4 Å². The molecule has 0 radical (unpaired) electrons. The number of hydrogen-bond acceptors (Lipinski definition) is 9. The number of piperazine rings is 1. The zero-order chi connectivity index (χ0) is 29.4. The van der Waals surface area contributed by atoms with E-state index in [1.165, 1.54) is 6.33 Å². The monoisotopic (exact) mass is 598 g/mol. The Labute approximate surface area is 243 Å². The molecule has 14 heteroatoms. The number of likely N-dealkylation sites (tertiary alicyclic amines) is 1. The number of rotatable bonds is 7. The third-order valence-electron chi connectivity index (χ3n) is 7.83.